The molecule has 0 unspecified atom stereocenters. The van der Waals surface area contributed by atoms with Crippen molar-refractivity contribution in [1.29, 1.82) is 0 Å². The lowest BCUT2D eigenvalue weighted by atomic mass is 10.1. The molecule has 0 fully saturated rings. The molecule has 4 heteroatoms. The number of pyridine rings is 1. The number of nitrogens with one attached hydrogen (secondary N) is 3. The molecule has 3 heterocycles. The van der Waals surface area contributed by atoms with Gasteiger partial charge in [-0.15, -0.1) is 0 Å². The number of aromatic nitrogens is 3. The highest BCUT2D eigenvalue weighted by Gasteiger charge is 2.24. The zero-order chi connectivity index (χ0) is 19.3. The van der Waals surface area contributed by atoms with E-state index in [-0.39, 0.29) is 0 Å². The van der Waals surface area contributed by atoms with Gasteiger partial charge in [-0.25, -0.2) is 0 Å². The van der Waals surface area contributed by atoms with E-state index in [2.05, 4.69) is 107 Å². The Morgan fingerprint density at radius 2 is 1.64 bits per heavy atom. The molecule has 3 N–H and O–H groups in total. The Morgan fingerprint density at radius 1 is 0.857 bits per heavy atom. The van der Waals surface area contributed by atoms with Crippen LogP contribution in [0.2, 0.25) is 0 Å². The molecule has 4 nitrogen and oxygen atoms in total. The summed E-state index contributed by atoms with van der Waals surface area (Å²) in [6, 6.07) is 21.3. The van der Waals surface area contributed by atoms with Crippen molar-refractivity contribution in [3.63, 3.8) is 0 Å². The molecular formula is C24H23N4+. The number of aryl methyl sites for hydroxylation is 3. The third kappa shape index (κ3) is 2.65. The van der Waals surface area contributed by atoms with Crippen LogP contribution < -0.4 is 9.72 Å². The minimum atomic E-state index is 1.04. The summed E-state index contributed by atoms with van der Waals surface area (Å²) in [4.78, 5) is 7.03. The van der Waals surface area contributed by atoms with Crippen molar-refractivity contribution in [2.45, 2.75) is 20.8 Å². The van der Waals surface area contributed by atoms with Crippen LogP contribution >= 0.6 is 0 Å². The number of imidazole rings is 1. The quantitative estimate of drug-likeness (QED) is 0.359. The largest absolute Gasteiger partial charge is 0.360 e. The van der Waals surface area contributed by atoms with Crippen LogP contribution in [-0.4, -0.2) is 9.97 Å². The summed E-state index contributed by atoms with van der Waals surface area (Å²) in [5, 5.41) is 4.89. The number of aromatic amines is 2. The zero-order valence-corrected chi connectivity index (χ0v) is 16.3. The Hall–Kier alpha value is -3.53. The smallest absolute Gasteiger partial charge is 0.271 e. The predicted molar refractivity (Wildman–Crippen MR) is 115 cm³/mol. The maximum Gasteiger partial charge on any atom is 0.271 e. The number of benzene rings is 2. The van der Waals surface area contributed by atoms with Gasteiger partial charge in [0, 0.05) is 28.7 Å². The summed E-state index contributed by atoms with van der Waals surface area (Å²) >= 11 is 0. The third-order valence-corrected chi connectivity index (χ3v) is 5.24. The molecule has 0 saturated carbocycles. The van der Waals surface area contributed by atoms with Crippen LogP contribution in [0.1, 0.15) is 16.8 Å². The van der Waals surface area contributed by atoms with Crippen molar-refractivity contribution in [2.75, 3.05) is 5.32 Å². The van der Waals surface area contributed by atoms with Crippen molar-refractivity contribution in [3.05, 3.63) is 83.7 Å². The van der Waals surface area contributed by atoms with Crippen molar-refractivity contribution < 1.29 is 4.40 Å². The minimum Gasteiger partial charge on any atom is -0.360 e. The van der Waals surface area contributed by atoms with Crippen LogP contribution in [0, 0.1) is 20.8 Å². The lowest BCUT2D eigenvalue weighted by Crippen LogP contribution is -2.26. The first-order valence-corrected chi connectivity index (χ1v) is 9.55. The molecule has 28 heavy (non-hydrogen) atoms. The number of para-hydroxylation sites is 1. The Kier molecular flexibility index (Phi) is 3.72. The number of fused-ring (bicyclic) bond motifs is 2. The lowest BCUT2D eigenvalue weighted by Gasteiger charge is -2.06. The molecule has 0 saturated heterocycles. The van der Waals surface area contributed by atoms with E-state index < -0.39 is 0 Å². The van der Waals surface area contributed by atoms with Crippen LogP contribution in [-0.2, 0) is 0 Å². The Bertz CT molecular complexity index is 1300. The van der Waals surface area contributed by atoms with Gasteiger partial charge in [0.2, 0.25) is 5.65 Å². The SMILES string of the molecule is Cc1cc(C)cc(Nc2c(-c3c[nH]c4ccccc34)[nH]c3cccc(C)[n+]23)c1. The van der Waals surface area contributed by atoms with Crippen LogP contribution in [0.4, 0.5) is 11.5 Å². The van der Waals surface area contributed by atoms with Crippen LogP contribution in [0.25, 0.3) is 27.8 Å². The number of H-pyrrole nitrogens is 2. The molecule has 2 aromatic carbocycles. The number of anilines is 2. The van der Waals surface area contributed by atoms with Gasteiger partial charge in [-0.1, -0.05) is 30.3 Å². The number of rotatable bonds is 3. The molecule has 0 bridgehead atoms. The monoisotopic (exact) mass is 367 g/mol. The van der Waals surface area contributed by atoms with E-state index in [1.54, 1.807) is 0 Å². The molecule has 0 spiro atoms. The van der Waals surface area contributed by atoms with Crippen molar-refractivity contribution >= 4 is 28.1 Å². The first kappa shape index (κ1) is 16.6. The average molecular weight is 367 g/mol. The highest BCUT2D eigenvalue weighted by Crippen LogP contribution is 2.33. The molecule has 0 amide bonds. The average Bonchev–Trinajstić information content (AvgIpc) is 3.23. The van der Waals surface area contributed by atoms with Crippen molar-refractivity contribution in [3.8, 4) is 11.3 Å². The normalized spacial score (nSPS) is 11.4. The summed E-state index contributed by atoms with van der Waals surface area (Å²) in [6.45, 7) is 6.39. The van der Waals surface area contributed by atoms with Gasteiger partial charge in [0.05, 0.1) is 11.4 Å². The Morgan fingerprint density at radius 3 is 2.46 bits per heavy atom. The van der Waals surface area contributed by atoms with Crippen molar-refractivity contribution in [2.24, 2.45) is 0 Å². The maximum atomic E-state index is 3.69. The van der Waals surface area contributed by atoms with Crippen molar-refractivity contribution in [1.82, 2.24) is 9.97 Å². The fraction of sp³-hybridized carbons (Fsp3) is 0.125. The predicted octanol–water partition coefficient (Wildman–Crippen LogP) is 5.57. The molecule has 3 aromatic heterocycles. The van der Waals surface area contributed by atoms with E-state index in [9.17, 15) is 0 Å². The maximum absolute atomic E-state index is 3.69. The molecule has 0 radical (unpaired) electrons. The number of hydrogen-bond acceptors (Lipinski definition) is 1. The van der Waals surface area contributed by atoms with E-state index in [1.807, 2.05) is 0 Å². The molecule has 138 valence electrons. The zero-order valence-electron chi connectivity index (χ0n) is 16.3. The van der Waals surface area contributed by atoms with Gasteiger partial charge in [-0.2, -0.15) is 4.40 Å². The van der Waals surface area contributed by atoms with Gasteiger partial charge < -0.3 is 4.98 Å². The van der Waals surface area contributed by atoms with Gasteiger partial charge >= 0.3 is 0 Å². The summed E-state index contributed by atoms with van der Waals surface area (Å²) in [7, 11) is 0. The van der Waals surface area contributed by atoms with Gasteiger partial charge in [-0.05, 0) is 56.2 Å². The Labute approximate surface area is 163 Å². The van der Waals surface area contributed by atoms with Crippen LogP contribution in [0.5, 0.6) is 0 Å². The van der Waals surface area contributed by atoms with Gasteiger partial charge in [0.25, 0.3) is 5.82 Å². The standard InChI is InChI=1S/C24H22N4/c1-15-11-16(2)13-18(12-15)26-24-23(27-22-10-6-7-17(3)28(22)24)20-14-25-21-9-5-4-8-19(20)21/h4-14,25-26H,1-3H3/p+1. The van der Waals surface area contributed by atoms with Gasteiger partial charge in [-0.3, -0.25) is 10.3 Å². The molecule has 5 aromatic rings. The van der Waals surface area contributed by atoms with E-state index in [0.717, 1.165) is 33.9 Å². The molecule has 0 aliphatic carbocycles. The molecule has 0 aliphatic heterocycles. The second kappa shape index (κ2) is 6.27. The number of nitrogens with zero attached hydrogens (tertiary/aromatic N) is 1. The van der Waals surface area contributed by atoms with E-state index in [4.69, 9.17) is 0 Å². The van der Waals surface area contributed by atoms with Gasteiger partial charge in [0.1, 0.15) is 0 Å². The second-order valence-corrected chi connectivity index (χ2v) is 7.49. The molecule has 5 rings (SSSR count). The number of hydrogen-bond donors (Lipinski definition) is 3. The molecular weight excluding hydrogens is 344 g/mol. The summed E-state index contributed by atoms with van der Waals surface area (Å²) in [5.74, 6) is 1.04. The highest BCUT2D eigenvalue weighted by molar-refractivity contribution is 5.97. The fourth-order valence-corrected chi connectivity index (χ4v) is 4.09. The van der Waals surface area contributed by atoms with Crippen LogP contribution in [0.15, 0.2) is 66.9 Å². The minimum absolute atomic E-state index is 1.04. The fourth-order valence-electron chi connectivity index (χ4n) is 4.09. The highest BCUT2D eigenvalue weighted by atomic mass is 15.1. The first-order chi connectivity index (χ1) is 13.6. The summed E-state index contributed by atoms with van der Waals surface area (Å²) in [5.41, 5.74) is 9.19. The summed E-state index contributed by atoms with van der Waals surface area (Å²) < 4.78 is 2.24. The Balaban J connectivity index is 1.77. The van der Waals surface area contributed by atoms with E-state index >= 15 is 0 Å². The second-order valence-electron chi connectivity index (χ2n) is 7.49. The molecule has 0 atom stereocenters. The van der Waals surface area contributed by atoms with E-state index in [0.29, 0.717) is 0 Å². The molecule has 0 aliphatic rings. The summed E-state index contributed by atoms with van der Waals surface area (Å²) in [6.07, 6.45) is 2.08. The topological polar surface area (TPSA) is 47.7 Å². The third-order valence-electron chi connectivity index (χ3n) is 5.24. The van der Waals surface area contributed by atoms with Crippen LogP contribution in [0.3, 0.4) is 0 Å². The lowest BCUT2D eigenvalue weighted by molar-refractivity contribution is -0.502. The first-order valence-electron chi connectivity index (χ1n) is 9.55. The van der Waals surface area contributed by atoms with E-state index in [1.165, 1.54) is 22.2 Å². The van der Waals surface area contributed by atoms with Gasteiger partial charge in [0.15, 0.2) is 5.69 Å².